The minimum atomic E-state index is -0.386. The molecule has 6 nitrogen and oxygen atoms in total. The highest BCUT2D eigenvalue weighted by Gasteiger charge is 2.33. The van der Waals surface area contributed by atoms with Gasteiger partial charge in [-0.05, 0) is 67.5 Å². The van der Waals surface area contributed by atoms with Crippen LogP contribution in [0.3, 0.4) is 0 Å². The molecule has 1 unspecified atom stereocenters. The zero-order valence-corrected chi connectivity index (χ0v) is 18.9. The van der Waals surface area contributed by atoms with Crippen molar-refractivity contribution in [3.05, 3.63) is 54.3 Å². The number of piperidine rings is 1. The smallest absolute Gasteiger partial charge is 0.415 e. The lowest BCUT2D eigenvalue weighted by Gasteiger charge is -2.40. The summed E-state index contributed by atoms with van der Waals surface area (Å²) in [5.74, 6) is 1.35. The molecule has 1 fully saturated rings. The van der Waals surface area contributed by atoms with E-state index >= 15 is 0 Å². The average molecular weight is 443 g/mol. The Morgan fingerprint density at radius 1 is 1.16 bits per heavy atom. The van der Waals surface area contributed by atoms with E-state index in [1.807, 2.05) is 0 Å². The lowest BCUT2D eigenvalue weighted by atomic mass is 9.84. The third-order valence-electron chi connectivity index (χ3n) is 5.90. The second-order valence-electron chi connectivity index (χ2n) is 8.56. The van der Waals surface area contributed by atoms with Crippen LogP contribution >= 0.6 is 0 Å². The number of rotatable bonds is 8. The molecule has 7 heteroatoms. The average Bonchev–Trinajstić information content (AvgIpc) is 2.80. The van der Waals surface area contributed by atoms with Gasteiger partial charge in [0.15, 0.2) is 0 Å². The lowest BCUT2D eigenvalue weighted by molar-refractivity contribution is -0.108. The Morgan fingerprint density at radius 3 is 2.41 bits per heavy atom. The van der Waals surface area contributed by atoms with E-state index in [2.05, 4.69) is 13.8 Å². The minimum absolute atomic E-state index is 0.0190. The Labute approximate surface area is 188 Å². The van der Waals surface area contributed by atoms with Gasteiger partial charge in [-0.15, -0.1) is 0 Å². The van der Waals surface area contributed by atoms with Gasteiger partial charge in [-0.2, -0.15) is 0 Å². The molecule has 0 N–H and O–H groups in total. The molecule has 2 aromatic carbocycles. The topological polar surface area (TPSA) is 59.1 Å². The minimum Gasteiger partial charge on any atom is -0.497 e. The van der Waals surface area contributed by atoms with Crippen molar-refractivity contribution in [1.29, 1.82) is 0 Å². The number of ether oxygens (including phenoxy) is 2. The van der Waals surface area contributed by atoms with Crippen LogP contribution in [0, 0.1) is 17.7 Å². The fraction of sp³-hybridized carbons (Fsp3) is 0.440. The summed E-state index contributed by atoms with van der Waals surface area (Å²) in [6.07, 6.45) is 2.80. The standard InChI is InChI=1S/C25H31FN2O4/c1-18(2)15-24(28(17-29)21-9-7-20(26)8-10-21)19-11-13-27(14-12-19)25(30)32-23-6-4-5-22(16-23)31-3/h4-10,16-19,24H,11-15H2,1-3H3. The summed E-state index contributed by atoms with van der Waals surface area (Å²) in [5, 5.41) is 0. The lowest BCUT2D eigenvalue weighted by Crippen LogP contribution is -2.47. The second kappa shape index (κ2) is 11.0. The van der Waals surface area contributed by atoms with Gasteiger partial charge in [0, 0.05) is 30.9 Å². The summed E-state index contributed by atoms with van der Waals surface area (Å²) in [7, 11) is 1.56. The van der Waals surface area contributed by atoms with Crippen molar-refractivity contribution in [1.82, 2.24) is 4.90 Å². The van der Waals surface area contributed by atoms with Crippen LogP contribution in [-0.4, -0.2) is 43.6 Å². The number of likely N-dealkylation sites (tertiary alicyclic amines) is 1. The molecular formula is C25H31FN2O4. The van der Waals surface area contributed by atoms with E-state index in [1.165, 1.54) is 12.1 Å². The Balaban J connectivity index is 1.66. The highest BCUT2D eigenvalue weighted by atomic mass is 19.1. The van der Waals surface area contributed by atoms with Crippen LogP contribution in [0.1, 0.15) is 33.1 Å². The molecule has 2 aromatic rings. The number of halogens is 1. The monoisotopic (exact) mass is 442 g/mol. The van der Waals surface area contributed by atoms with Crippen LogP contribution in [0.25, 0.3) is 0 Å². The van der Waals surface area contributed by atoms with E-state index in [0.29, 0.717) is 36.2 Å². The molecule has 0 saturated carbocycles. The largest absolute Gasteiger partial charge is 0.497 e. The van der Waals surface area contributed by atoms with Gasteiger partial charge in [-0.25, -0.2) is 9.18 Å². The predicted molar refractivity (Wildman–Crippen MR) is 122 cm³/mol. The molecule has 0 radical (unpaired) electrons. The number of carbonyl (C=O) groups is 2. The summed E-state index contributed by atoms with van der Waals surface area (Å²) in [5.41, 5.74) is 0.687. The zero-order chi connectivity index (χ0) is 23.1. The number of hydrogen-bond acceptors (Lipinski definition) is 4. The van der Waals surface area contributed by atoms with Gasteiger partial charge in [0.2, 0.25) is 6.41 Å². The van der Waals surface area contributed by atoms with Gasteiger partial charge in [-0.3, -0.25) is 4.79 Å². The van der Waals surface area contributed by atoms with Crippen LogP contribution in [0.15, 0.2) is 48.5 Å². The molecule has 3 rings (SSSR count). The maximum atomic E-state index is 13.4. The predicted octanol–water partition coefficient (Wildman–Crippen LogP) is 5.12. The molecule has 172 valence electrons. The highest BCUT2D eigenvalue weighted by molar-refractivity contribution is 5.76. The van der Waals surface area contributed by atoms with E-state index < -0.39 is 0 Å². The molecule has 1 saturated heterocycles. The molecular weight excluding hydrogens is 411 g/mol. The molecule has 1 aliphatic rings. The van der Waals surface area contributed by atoms with E-state index in [0.717, 1.165) is 25.7 Å². The Bertz CT molecular complexity index is 895. The molecule has 0 aliphatic carbocycles. The molecule has 1 heterocycles. The van der Waals surface area contributed by atoms with Crippen LogP contribution < -0.4 is 14.4 Å². The first-order valence-corrected chi connectivity index (χ1v) is 11.0. The molecule has 0 aromatic heterocycles. The molecule has 32 heavy (non-hydrogen) atoms. The van der Waals surface area contributed by atoms with Gasteiger partial charge >= 0.3 is 6.09 Å². The number of amides is 2. The van der Waals surface area contributed by atoms with E-state index in [1.54, 1.807) is 53.3 Å². The summed E-state index contributed by atoms with van der Waals surface area (Å²) in [6, 6.07) is 12.9. The van der Waals surface area contributed by atoms with Crippen molar-refractivity contribution < 1.29 is 23.5 Å². The number of benzene rings is 2. The summed E-state index contributed by atoms with van der Waals surface area (Å²) in [6.45, 7) is 5.36. The Kier molecular flexibility index (Phi) is 8.09. The molecule has 1 aliphatic heterocycles. The first-order chi connectivity index (χ1) is 15.4. The summed E-state index contributed by atoms with van der Waals surface area (Å²) in [4.78, 5) is 28.1. The van der Waals surface area contributed by atoms with Crippen molar-refractivity contribution in [2.75, 3.05) is 25.1 Å². The van der Waals surface area contributed by atoms with E-state index in [-0.39, 0.29) is 23.9 Å². The number of methoxy groups -OCH3 is 1. The van der Waals surface area contributed by atoms with Crippen molar-refractivity contribution in [2.45, 2.75) is 39.2 Å². The number of hydrogen-bond donors (Lipinski definition) is 0. The fourth-order valence-corrected chi connectivity index (χ4v) is 4.26. The molecule has 1 atom stereocenters. The molecule has 0 bridgehead atoms. The van der Waals surface area contributed by atoms with Crippen LogP contribution in [0.4, 0.5) is 14.9 Å². The van der Waals surface area contributed by atoms with E-state index in [9.17, 15) is 14.0 Å². The number of carbonyl (C=O) groups excluding carboxylic acids is 2. The van der Waals surface area contributed by atoms with Gasteiger partial charge < -0.3 is 19.3 Å². The Hall–Kier alpha value is -3.09. The Morgan fingerprint density at radius 2 is 1.81 bits per heavy atom. The van der Waals surface area contributed by atoms with Gasteiger partial charge in [0.05, 0.1) is 7.11 Å². The first kappa shape index (κ1) is 23.6. The fourth-order valence-electron chi connectivity index (χ4n) is 4.26. The quantitative estimate of drug-likeness (QED) is 0.532. The molecule has 0 spiro atoms. The van der Waals surface area contributed by atoms with Crippen molar-refractivity contribution in [2.24, 2.45) is 11.8 Å². The first-order valence-electron chi connectivity index (χ1n) is 11.0. The number of anilines is 1. The second-order valence-corrected chi connectivity index (χ2v) is 8.56. The van der Waals surface area contributed by atoms with Crippen molar-refractivity contribution in [3.8, 4) is 11.5 Å². The third-order valence-corrected chi connectivity index (χ3v) is 5.90. The van der Waals surface area contributed by atoms with Gasteiger partial charge in [0.25, 0.3) is 0 Å². The third kappa shape index (κ3) is 5.99. The van der Waals surface area contributed by atoms with Crippen molar-refractivity contribution in [3.63, 3.8) is 0 Å². The summed E-state index contributed by atoms with van der Waals surface area (Å²) >= 11 is 0. The zero-order valence-electron chi connectivity index (χ0n) is 18.9. The highest BCUT2D eigenvalue weighted by Crippen LogP contribution is 2.31. The normalized spacial score (nSPS) is 15.3. The molecule has 2 amide bonds. The maximum absolute atomic E-state index is 13.4. The van der Waals surface area contributed by atoms with Crippen LogP contribution in [0.5, 0.6) is 11.5 Å². The van der Waals surface area contributed by atoms with Crippen molar-refractivity contribution >= 4 is 18.2 Å². The van der Waals surface area contributed by atoms with Gasteiger partial charge in [0.1, 0.15) is 17.3 Å². The summed E-state index contributed by atoms with van der Waals surface area (Å²) < 4.78 is 24.1. The van der Waals surface area contributed by atoms with Gasteiger partial charge in [-0.1, -0.05) is 19.9 Å². The van der Waals surface area contributed by atoms with E-state index in [4.69, 9.17) is 9.47 Å². The number of nitrogens with zero attached hydrogens (tertiary/aromatic N) is 2. The SMILES string of the molecule is COc1cccc(OC(=O)N2CCC(C(CC(C)C)N(C=O)c3ccc(F)cc3)CC2)c1. The van der Waals surface area contributed by atoms with Crippen LogP contribution in [-0.2, 0) is 4.79 Å². The van der Waals surface area contributed by atoms with Crippen LogP contribution in [0.2, 0.25) is 0 Å². The maximum Gasteiger partial charge on any atom is 0.415 e.